The van der Waals surface area contributed by atoms with Crippen molar-refractivity contribution in [1.82, 2.24) is 0 Å². The van der Waals surface area contributed by atoms with E-state index in [4.69, 9.17) is 9.47 Å². The lowest BCUT2D eigenvalue weighted by Crippen LogP contribution is -2.83. The summed E-state index contributed by atoms with van der Waals surface area (Å²) in [6.07, 6.45) is 6.61. The molecule has 0 spiro atoms. The van der Waals surface area contributed by atoms with Crippen molar-refractivity contribution < 1.29 is 14.8 Å². The van der Waals surface area contributed by atoms with Gasteiger partial charge in [0, 0.05) is 18.6 Å². The van der Waals surface area contributed by atoms with Crippen molar-refractivity contribution in [3.05, 3.63) is 29.8 Å². The van der Waals surface area contributed by atoms with Crippen LogP contribution in [0.15, 0.2) is 24.3 Å². The van der Waals surface area contributed by atoms with Gasteiger partial charge in [0.1, 0.15) is 12.3 Å². The van der Waals surface area contributed by atoms with Crippen LogP contribution in [0.25, 0.3) is 0 Å². The van der Waals surface area contributed by atoms with Gasteiger partial charge in [0.2, 0.25) is 0 Å². The van der Waals surface area contributed by atoms with Crippen LogP contribution in [-0.2, 0) is 11.3 Å². The average molecular weight is 377 g/mol. The molecule has 27 heavy (non-hydrogen) atoms. The second-order valence-electron chi connectivity index (χ2n) is 9.81. The Labute approximate surface area is 167 Å². The lowest BCUT2D eigenvalue weighted by Gasteiger charge is -2.45. The van der Waals surface area contributed by atoms with Crippen LogP contribution in [0, 0.1) is 11.3 Å². The largest absolute Gasteiger partial charge is 0.491 e. The molecule has 1 fully saturated rings. The minimum Gasteiger partial charge on any atom is -0.491 e. The maximum absolute atomic E-state index is 6.02. The normalized spacial score (nSPS) is 22.4. The molecule has 1 aromatic rings. The fourth-order valence-corrected chi connectivity index (χ4v) is 4.39. The van der Waals surface area contributed by atoms with Crippen LogP contribution in [0.2, 0.25) is 0 Å². The lowest BCUT2D eigenvalue weighted by atomic mass is 9.68. The number of ether oxygens (including phenoxy) is 2. The zero-order valence-electron chi connectivity index (χ0n) is 18.5. The Morgan fingerprint density at radius 2 is 1.78 bits per heavy atom. The summed E-state index contributed by atoms with van der Waals surface area (Å²) in [5.41, 5.74) is 1.86. The first-order valence-corrected chi connectivity index (χ1v) is 10.9. The maximum atomic E-state index is 6.02. The summed E-state index contributed by atoms with van der Waals surface area (Å²) in [4.78, 5) is 0. The fraction of sp³-hybridized carbons (Fsp3) is 0.750. The average Bonchev–Trinajstić information content (AvgIpc) is 2.57. The van der Waals surface area contributed by atoms with E-state index in [1.54, 1.807) is 0 Å². The summed E-state index contributed by atoms with van der Waals surface area (Å²) >= 11 is 0. The highest BCUT2D eigenvalue weighted by Crippen LogP contribution is 2.45. The van der Waals surface area contributed by atoms with Crippen molar-refractivity contribution >= 4 is 0 Å². The standard InChI is InChI=1S/C24H41NO2/c1-19(2)11-12-24(14-16-26-23(5,6)18-24)13-15-25-17-21-7-9-22(10-8-21)27-20(3)4/h7-10,19-20,25H,11-18H2,1-6H3/p+1/t24-/m0/s1. The Morgan fingerprint density at radius 1 is 1.07 bits per heavy atom. The summed E-state index contributed by atoms with van der Waals surface area (Å²) < 4.78 is 11.8. The number of benzene rings is 1. The number of rotatable bonds is 10. The Hall–Kier alpha value is -1.06. The maximum Gasteiger partial charge on any atom is 0.119 e. The van der Waals surface area contributed by atoms with Crippen LogP contribution >= 0.6 is 0 Å². The van der Waals surface area contributed by atoms with Crippen LogP contribution in [0.3, 0.4) is 0 Å². The molecule has 1 aromatic carbocycles. The molecule has 2 rings (SSSR count). The number of hydrogen-bond acceptors (Lipinski definition) is 2. The monoisotopic (exact) mass is 376 g/mol. The van der Waals surface area contributed by atoms with Crippen molar-refractivity contribution in [2.45, 2.75) is 91.9 Å². The fourth-order valence-electron chi connectivity index (χ4n) is 4.39. The van der Waals surface area contributed by atoms with Crippen molar-refractivity contribution in [2.24, 2.45) is 11.3 Å². The summed E-state index contributed by atoms with van der Waals surface area (Å²) in [6.45, 7) is 16.5. The van der Waals surface area contributed by atoms with Crippen LogP contribution in [-0.4, -0.2) is 24.9 Å². The Balaban J connectivity index is 1.84. The molecule has 3 heteroatoms. The zero-order valence-corrected chi connectivity index (χ0v) is 18.5. The lowest BCUT2D eigenvalue weighted by molar-refractivity contribution is -0.672. The van der Waals surface area contributed by atoms with Crippen molar-refractivity contribution in [3.8, 4) is 5.75 Å². The minimum absolute atomic E-state index is 0.0292. The van der Waals surface area contributed by atoms with E-state index in [-0.39, 0.29) is 11.7 Å². The topological polar surface area (TPSA) is 35.1 Å². The summed E-state index contributed by atoms with van der Waals surface area (Å²) in [5, 5.41) is 2.47. The minimum atomic E-state index is 0.0292. The Bertz CT molecular complexity index is 550. The summed E-state index contributed by atoms with van der Waals surface area (Å²) in [6, 6.07) is 8.57. The third kappa shape index (κ3) is 7.83. The summed E-state index contributed by atoms with van der Waals surface area (Å²) in [7, 11) is 0. The molecule has 0 aliphatic carbocycles. The van der Waals surface area contributed by atoms with Crippen LogP contribution in [0.1, 0.15) is 79.2 Å². The van der Waals surface area contributed by atoms with E-state index < -0.39 is 0 Å². The molecule has 1 heterocycles. The van der Waals surface area contributed by atoms with Gasteiger partial charge < -0.3 is 14.8 Å². The van der Waals surface area contributed by atoms with Crippen molar-refractivity contribution in [2.75, 3.05) is 13.2 Å². The van der Waals surface area contributed by atoms with Crippen LogP contribution in [0.4, 0.5) is 0 Å². The molecule has 1 aliphatic heterocycles. The molecular formula is C24H42NO2+. The van der Waals surface area contributed by atoms with E-state index in [1.807, 2.05) is 0 Å². The van der Waals surface area contributed by atoms with Crippen LogP contribution in [0.5, 0.6) is 5.75 Å². The molecule has 0 unspecified atom stereocenters. The SMILES string of the molecule is CC(C)CC[C@]1(CC[NH2+]Cc2ccc(OC(C)C)cc2)CCOC(C)(C)C1. The molecule has 0 aromatic heterocycles. The molecule has 3 nitrogen and oxygen atoms in total. The molecular weight excluding hydrogens is 334 g/mol. The number of quaternary nitrogens is 1. The van der Waals surface area contributed by atoms with Gasteiger partial charge >= 0.3 is 0 Å². The van der Waals surface area contributed by atoms with Gasteiger partial charge in [-0.25, -0.2) is 0 Å². The van der Waals surface area contributed by atoms with Gasteiger partial charge in [-0.15, -0.1) is 0 Å². The highest BCUT2D eigenvalue weighted by molar-refractivity contribution is 5.26. The Morgan fingerprint density at radius 3 is 2.37 bits per heavy atom. The van der Waals surface area contributed by atoms with E-state index in [0.717, 1.165) is 24.8 Å². The van der Waals surface area contributed by atoms with Crippen molar-refractivity contribution in [1.29, 1.82) is 0 Å². The Kier molecular flexibility index (Phi) is 8.18. The first-order valence-electron chi connectivity index (χ1n) is 10.9. The van der Waals surface area contributed by atoms with E-state index in [0.29, 0.717) is 5.41 Å². The van der Waals surface area contributed by atoms with Gasteiger partial charge in [-0.1, -0.05) is 20.3 Å². The van der Waals surface area contributed by atoms with Gasteiger partial charge in [-0.05, 0) is 82.6 Å². The highest BCUT2D eigenvalue weighted by atomic mass is 16.5. The molecule has 2 N–H and O–H groups in total. The molecule has 0 amide bonds. The third-order valence-electron chi connectivity index (χ3n) is 5.73. The van der Waals surface area contributed by atoms with E-state index in [1.165, 1.54) is 44.2 Å². The number of hydrogen-bond donors (Lipinski definition) is 1. The number of nitrogens with two attached hydrogens (primary N) is 1. The smallest absolute Gasteiger partial charge is 0.119 e. The van der Waals surface area contributed by atoms with Crippen molar-refractivity contribution in [3.63, 3.8) is 0 Å². The molecule has 1 aliphatic rings. The molecule has 0 saturated carbocycles. The molecule has 1 atom stereocenters. The van der Waals surface area contributed by atoms with Gasteiger partial charge in [0.15, 0.2) is 0 Å². The second-order valence-corrected chi connectivity index (χ2v) is 9.81. The molecule has 1 saturated heterocycles. The van der Waals surface area contributed by atoms with E-state index >= 15 is 0 Å². The first-order chi connectivity index (χ1) is 12.7. The van der Waals surface area contributed by atoms with E-state index in [2.05, 4.69) is 71.1 Å². The second kappa shape index (κ2) is 9.93. The molecule has 0 bridgehead atoms. The predicted octanol–water partition coefficient (Wildman–Crippen LogP) is 4.94. The summed E-state index contributed by atoms with van der Waals surface area (Å²) in [5.74, 6) is 1.74. The molecule has 0 radical (unpaired) electrons. The zero-order chi connectivity index (χ0) is 19.9. The highest BCUT2D eigenvalue weighted by Gasteiger charge is 2.40. The third-order valence-corrected chi connectivity index (χ3v) is 5.73. The van der Waals surface area contributed by atoms with Gasteiger partial charge in [-0.2, -0.15) is 0 Å². The molecule has 154 valence electrons. The quantitative estimate of drug-likeness (QED) is 0.587. The van der Waals surface area contributed by atoms with Gasteiger partial charge in [0.25, 0.3) is 0 Å². The van der Waals surface area contributed by atoms with Gasteiger partial charge in [-0.3, -0.25) is 0 Å². The van der Waals surface area contributed by atoms with Crippen LogP contribution < -0.4 is 10.1 Å². The van der Waals surface area contributed by atoms with Gasteiger partial charge in [0.05, 0.1) is 18.2 Å². The predicted molar refractivity (Wildman–Crippen MR) is 113 cm³/mol. The van der Waals surface area contributed by atoms with E-state index in [9.17, 15) is 0 Å². The first kappa shape index (κ1) is 22.2.